The number of hydrogen-bond acceptors (Lipinski definition) is 4. The maximum absolute atomic E-state index is 12.4. The summed E-state index contributed by atoms with van der Waals surface area (Å²) >= 11 is 0. The molecule has 1 saturated carbocycles. The van der Waals surface area contributed by atoms with Crippen LogP contribution in [0.4, 0.5) is 5.69 Å². The van der Waals surface area contributed by atoms with Crippen molar-refractivity contribution in [2.24, 2.45) is 10.9 Å². The molecule has 1 N–H and O–H groups in total. The van der Waals surface area contributed by atoms with Gasteiger partial charge in [0.05, 0.1) is 11.3 Å². The smallest absolute Gasteiger partial charge is 0.253 e. The summed E-state index contributed by atoms with van der Waals surface area (Å²) in [5.41, 5.74) is 5.22. The Kier molecular flexibility index (Phi) is 7.71. The Bertz CT molecular complexity index is 1050. The molecular weight excluding hydrogens is 400 g/mol. The molecule has 6 heteroatoms. The van der Waals surface area contributed by atoms with Crippen molar-refractivity contribution in [2.45, 2.75) is 33.6 Å². The zero-order chi connectivity index (χ0) is 23.1. The molecule has 0 saturated heterocycles. The maximum Gasteiger partial charge on any atom is 0.253 e. The Labute approximate surface area is 189 Å². The molecule has 1 aromatic carbocycles. The van der Waals surface area contributed by atoms with Crippen molar-refractivity contribution in [3.63, 3.8) is 0 Å². The van der Waals surface area contributed by atoms with Crippen LogP contribution >= 0.6 is 0 Å². The average molecular weight is 431 g/mol. The first-order chi connectivity index (χ1) is 15.4. The van der Waals surface area contributed by atoms with E-state index in [0.29, 0.717) is 18.0 Å². The minimum Gasteiger partial charge on any atom is -0.348 e. The largest absolute Gasteiger partial charge is 0.348 e. The fourth-order valence-electron chi connectivity index (χ4n) is 3.42. The number of benzene rings is 1. The molecule has 0 aliphatic heterocycles. The molecule has 0 unspecified atom stereocenters. The predicted octanol–water partition coefficient (Wildman–Crippen LogP) is 4.71. The fraction of sp³-hybridized carbons (Fsp3) is 0.308. The van der Waals surface area contributed by atoms with Crippen LogP contribution in [0.2, 0.25) is 0 Å². The number of aliphatic imine (C=N–C) groups is 1. The molecule has 1 heterocycles. The van der Waals surface area contributed by atoms with Gasteiger partial charge in [0.25, 0.3) is 5.91 Å². The number of aryl methyl sites for hydroxylation is 1. The average Bonchev–Trinajstić information content (AvgIpc) is 3.60. The monoisotopic (exact) mass is 430 g/mol. The Hall–Kier alpha value is -3.54. The number of allylic oxidation sites excluding steroid dienone is 2. The Morgan fingerprint density at radius 3 is 2.62 bits per heavy atom. The van der Waals surface area contributed by atoms with Crippen molar-refractivity contribution in [1.82, 2.24) is 10.3 Å². The van der Waals surface area contributed by atoms with Crippen LogP contribution in [0.1, 0.15) is 42.6 Å². The number of pyridine rings is 1. The number of hydrogen-bond donors (Lipinski definition) is 1. The second-order valence-electron chi connectivity index (χ2n) is 8.23. The first-order valence-electron chi connectivity index (χ1n) is 10.8. The Morgan fingerprint density at radius 2 is 2.03 bits per heavy atom. The number of carbonyl (C=O) groups excluding carboxylic acids is 2. The van der Waals surface area contributed by atoms with Crippen molar-refractivity contribution in [3.8, 4) is 11.3 Å². The molecule has 2 amide bonds. The van der Waals surface area contributed by atoms with Crippen molar-refractivity contribution in [1.29, 1.82) is 0 Å². The lowest BCUT2D eigenvalue weighted by Crippen LogP contribution is -2.31. The zero-order valence-electron chi connectivity index (χ0n) is 19.0. The molecule has 1 fully saturated rings. The molecule has 6 nitrogen and oxygen atoms in total. The van der Waals surface area contributed by atoms with Gasteiger partial charge in [-0.05, 0) is 75.2 Å². The van der Waals surface area contributed by atoms with Gasteiger partial charge in [-0.1, -0.05) is 17.7 Å². The molecule has 1 aliphatic rings. The van der Waals surface area contributed by atoms with Crippen molar-refractivity contribution in [3.05, 3.63) is 71.6 Å². The molecular formula is C26H30N4O2. The van der Waals surface area contributed by atoms with Crippen LogP contribution in [-0.2, 0) is 4.79 Å². The Morgan fingerprint density at radius 1 is 1.25 bits per heavy atom. The molecule has 1 aliphatic carbocycles. The van der Waals surface area contributed by atoms with E-state index < -0.39 is 0 Å². The van der Waals surface area contributed by atoms with Gasteiger partial charge in [-0.3, -0.25) is 19.6 Å². The lowest BCUT2D eigenvalue weighted by molar-refractivity contribution is -0.116. The maximum atomic E-state index is 12.4. The van der Waals surface area contributed by atoms with Gasteiger partial charge in [0, 0.05) is 43.7 Å². The molecule has 0 atom stereocenters. The number of anilines is 1. The van der Waals surface area contributed by atoms with E-state index in [1.165, 1.54) is 12.8 Å². The van der Waals surface area contributed by atoms with E-state index in [1.54, 1.807) is 31.5 Å². The number of rotatable bonds is 9. The van der Waals surface area contributed by atoms with Crippen LogP contribution in [0.25, 0.3) is 11.3 Å². The highest BCUT2D eigenvalue weighted by molar-refractivity contribution is 5.94. The van der Waals surface area contributed by atoms with Gasteiger partial charge in [-0.25, -0.2) is 0 Å². The number of amides is 2. The van der Waals surface area contributed by atoms with E-state index in [4.69, 9.17) is 0 Å². The Balaban J connectivity index is 1.67. The summed E-state index contributed by atoms with van der Waals surface area (Å²) in [5.74, 6) is 0.518. The standard InChI is InChI=1S/C26H30N4O2/c1-18(6-5-13-27-4)15-29-26(32)23-9-11-24(28-16-23)22-10-12-25(19(2)14-22)30(20(3)31)17-21-7-8-21/h5-6,9-14,16,21H,4,7-8,15,17H2,1-3H3,(H,29,32)/b13-5-,18-6+. The van der Waals surface area contributed by atoms with E-state index in [9.17, 15) is 9.59 Å². The second kappa shape index (κ2) is 10.7. The van der Waals surface area contributed by atoms with Gasteiger partial charge in [0.15, 0.2) is 0 Å². The lowest BCUT2D eigenvalue weighted by atomic mass is 10.0. The van der Waals surface area contributed by atoms with Crippen molar-refractivity contribution in [2.75, 3.05) is 18.0 Å². The van der Waals surface area contributed by atoms with Gasteiger partial charge in [0.1, 0.15) is 0 Å². The fourth-order valence-corrected chi connectivity index (χ4v) is 3.42. The highest BCUT2D eigenvalue weighted by Crippen LogP contribution is 2.33. The van der Waals surface area contributed by atoms with E-state index in [1.807, 2.05) is 49.1 Å². The molecule has 3 rings (SSSR count). The number of nitrogens with one attached hydrogen (secondary N) is 1. The van der Waals surface area contributed by atoms with Crippen LogP contribution in [0.15, 0.2) is 65.4 Å². The molecule has 0 spiro atoms. The van der Waals surface area contributed by atoms with Gasteiger partial charge in [0.2, 0.25) is 5.91 Å². The van der Waals surface area contributed by atoms with Crippen LogP contribution in [0, 0.1) is 12.8 Å². The minimum absolute atomic E-state index is 0.0692. The van der Waals surface area contributed by atoms with Gasteiger partial charge < -0.3 is 10.2 Å². The van der Waals surface area contributed by atoms with Gasteiger partial charge >= 0.3 is 0 Å². The van der Waals surface area contributed by atoms with Crippen LogP contribution in [0.3, 0.4) is 0 Å². The van der Waals surface area contributed by atoms with Gasteiger partial charge in [-0.2, -0.15) is 0 Å². The second-order valence-corrected chi connectivity index (χ2v) is 8.23. The van der Waals surface area contributed by atoms with E-state index in [-0.39, 0.29) is 11.8 Å². The third-order valence-corrected chi connectivity index (χ3v) is 5.43. The topological polar surface area (TPSA) is 74.7 Å². The summed E-state index contributed by atoms with van der Waals surface area (Å²) in [6, 6.07) is 9.63. The normalized spacial score (nSPS) is 13.8. The summed E-state index contributed by atoms with van der Waals surface area (Å²) in [5, 5.41) is 2.88. The zero-order valence-corrected chi connectivity index (χ0v) is 19.0. The number of nitrogens with zero attached hydrogens (tertiary/aromatic N) is 3. The van der Waals surface area contributed by atoms with E-state index >= 15 is 0 Å². The number of carbonyl (C=O) groups is 2. The molecule has 32 heavy (non-hydrogen) atoms. The summed E-state index contributed by atoms with van der Waals surface area (Å²) in [6.45, 7) is 10.2. The van der Waals surface area contributed by atoms with Crippen LogP contribution < -0.4 is 10.2 Å². The van der Waals surface area contributed by atoms with Crippen LogP contribution in [-0.4, -0.2) is 36.6 Å². The molecule has 1 aromatic heterocycles. The highest BCUT2D eigenvalue weighted by atomic mass is 16.2. The number of aromatic nitrogens is 1. The summed E-state index contributed by atoms with van der Waals surface area (Å²) in [4.78, 5) is 34.5. The van der Waals surface area contributed by atoms with E-state index in [0.717, 1.165) is 34.6 Å². The third-order valence-electron chi connectivity index (χ3n) is 5.43. The molecule has 2 aromatic rings. The van der Waals surface area contributed by atoms with Crippen LogP contribution in [0.5, 0.6) is 0 Å². The van der Waals surface area contributed by atoms with Crippen molar-refractivity contribution >= 4 is 24.2 Å². The summed E-state index contributed by atoms with van der Waals surface area (Å²) < 4.78 is 0. The van der Waals surface area contributed by atoms with Crippen molar-refractivity contribution < 1.29 is 9.59 Å². The first-order valence-corrected chi connectivity index (χ1v) is 10.8. The quantitative estimate of drug-likeness (QED) is 0.462. The molecule has 0 radical (unpaired) electrons. The lowest BCUT2D eigenvalue weighted by Gasteiger charge is -2.23. The molecule has 166 valence electrons. The predicted molar refractivity (Wildman–Crippen MR) is 130 cm³/mol. The van der Waals surface area contributed by atoms with E-state index in [2.05, 4.69) is 22.0 Å². The summed E-state index contributed by atoms with van der Waals surface area (Å²) in [7, 11) is 0. The third kappa shape index (κ3) is 6.23. The summed E-state index contributed by atoms with van der Waals surface area (Å²) in [6.07, 6.45) is 9.23. The first kappa shape index (κ1) is 23.1. The molecule has 0 bridgehead atoms. The highest BCUT2D eigenvalue weighted by Gasteiger charge is 2.27. The minimum atomic E-state index is -0.175. The SMILES string of the molecule is C=N/C=C\C=C(/C)CNC(=O)c1ccc(-c2ccc(N(CC3CC3)C(C)=O)c(C)c2)nc1. The van der Waals surface area contributed by atoms with Gasteiger partial charge in [-0.15, -0.1) is 0 Å².